The van der Waals surface area contributed by atoms with Crippen molar-refractivity contribution in [1.82, 2.24) is 20.3 Å². The highest BCUT2D eigenvalue weighted by Gasteiger charge is 2.49. The smallest absolute Gasteiger partial charge is 0.308 e. The molecule has 2 fully saturated rings. The number of hydrogen-bond donors (Lipinski definition) is 4. The highest BCUT2D eigenvalue weighted by atomic mass is 16.4. The third kappa shape index (κ3) is 3.22. The number of piperidine rings is 1. The third-order valence-corrected chi connectivity index (χ3v) is 6.65. The fourth-order valence-corrected chi connectivity index (χ4v) is 5.21. The minimum Gasteiger partial charge on any atom is -0.481 e. The van der Waals surface area contributed by atoms with Crippen molar-refractivity contribution >= 4 is 22.8 Å². The van der Waals surface area contributed by atoms with Crippen LogP contribution in [0.15, 0.2) is 42.9 Å². The number of aliphatic carboxylic acids is 1. The molecule has 3 aromatic rings. The van der Waals surface area contributed by atoms with Gasteiger partial charge in [-0.2, -0.15) is 0 Å². The Balaban J connectivity index is 1.54. The molecule has 0 aliphatic carbocycles. The van der Waals surface area contributed by atoms with Crippen LogP contribution in [0, 0.1) is 11.8 Å². The van der Waals surface area contributed by atoms with E-state index in [0.29, 0.717) is 13.1 Å². The third-order valence-electron chi connectivity index (χ3n) is 6.65. The van der Waals surface area contributed by atoms with Gasteiger partial charge in [0.25, 0.3) is 0 Å². The van der Waals surface area contributed by atoms with Crippen molar-refractivity contribution in [2.24, 2.45) is 17.6 Å². The van der Waals surface area contributed by atoms with Gasteiger partial charge in [-0.1, -0.05) is 24.3 Å². The Morgan fingerprint density at radius 2 is 1.97 bits per heavy atom. The molecule has 0 amide bonds. The van der Waals surface area contributed by atoms with E-state index >= 15 is 0 Å². The van der Waals surface area contributed by atoms with Crippen molar-refractivity contribution in [2.45, 2.75) is 31.5 Å². The second-order valence-electron chi connectivity index (χ2n) is 8.29. The Hall–Kier alpha value is -2.97. The van der Waals surface area contributed by atoms with E-state index in [-0.39, 0.29) is 23.9 Å². The molecular weight excluding hydrogens is 380 g/mol. The first-order valence-corrected chi connectivity index (χ1v) is 10.4. The summed E-state index contributed by atoms with van der Waals surface area (Å²) >= 11 is 0. The molecule has 2 saturated heterocycles. The van der Waals surface area contributed by atoms with Crippen LogP contribution in [-0.2, 0) is 17.8 Å². The molecule has 0 spiro atoms. The predicted molar refractivity (Wildman–Crippen MR) is 114 cm³/mol. The van der Waals surface area contributed by atoms with Crippen LogP contribution in [0.1, 0.15) is 17.5 Å². The summed E-state index contributed by atoms with van der Waals surface area (Å²) in [5.41, 5.74) is 8.87. The van der Waals surface area contributed by atoms with Crippen molar-refractivity contribution in [3.8, 4) is 0 Å². The van der Waals surface area contributed by atoms with E-state index in [9.17, 15) is 9.90 Å². The highest BCUT2D eigenvalue weighted by Crippen LogP contribution is 2.42. The second kappa shape index (κ2) is 7.70. The van der Waals surface area contributed by atoms with Gasteiger partial charge in [0.1, 0.15) is 17.8 Å². The van der Waals surface area contributed by atoms with E-state index < -0.39 is 5.97 Å². The molecule has 156 valence electrons. The number of carboxylic acids is 1. The molecule has 2 unspecified atom stereocenters. The first-order valence-electron chi connectivity index (χ1n) is 10.4. The average Bonchev–Trinajstić information content (AvgIpc) is 3.38. The van der Waals surface area contributed by atoms with Crippen molar-refractivity contribution in [3.63, 3.8) is 0 Å². The number of carbonyl (C=O) groups is 1. The summed E-state index contributed by atoms with van der Waals surface area (Å²) in [4.78, 5) is 26.4. The molecule has 2 aromatic heterocycles. The SMILES string of the molecule is NCc1ccc(CC2C[C@@H]3C(C(=O)O)CNC[C@@H]3N2c2ncnc3[nH]ccc23)cc1. The zero-order valence-corrected chi connectivity index (χ0v) is 16.7. The standard InChI is InChI=1S/C22H26N6O2/c23-9-14-3-1-13(2-4-14)7-15-8-17-18(22(29)30)10-24-11-19(17)28(15)21-16-5-6-25-20(16)26-12-27-21/h1-6,12,15,17-19,24H,7-11,23H2,(H,29,30)(H,25,26,27)/t15?,17-,18?,19+/m1/s1. The molecule has 0 bridgehead atoms. The molecule has 0 saturated carbocycles. The highest BCUT2D eigenvalue weighted by molar-refractivity contribution is 5.88. The Bertz CT molecular complexity index is 1050. The van der Waals surface area contributed by atoms with Crippen LogP contribution in [0.2, 0.25) is 0 Å². The normalized spacial score (nSPS) is 26.1. The second-order valence-corrected chi connectivity index (χ2v) is 8.29. The number of nitrogens with two attached hydrogens (primary N) is 1. The Kier molecular flexibility index (Phi) is 4.88. The summed E-state index contributed by atoms with van der Waals surface area (Å²) < 4.78 is 0. The van der Waals surface area contributed by atoms with Crippen LogP contribution in [0.5, 0.6) is 0 Å². The predicted octanol–water partition coefficient (Wildman–Crippen LogP) is 1.53. The topological polar surface area (TPSA) is 120 Å². The Morgan fingerprint density at radius 3 is 2.73 bits per heavy atom. The fraction of sp³-hybridized carbons (Fsp3) is 0.409. The number of aromatic nitrogens is 3. The van der Waals surface area contributed by atoms with Gasteiger partial charge in [0, 0.05) is 37.9 Å². The monoisotopic (exact) mass is 406 g/mol. The van der Waals surface area contributed by atoms with Crippen LogP contribution in [0.4, 0.5) is 5.82 Å². The molecule has 5 rings (SSSR count). The van der Waals surface area contributed by atoms with E-state index in [1.165, 1.54) is 5.56 Å². The zero-order chi connectivity index (χ0) is 20.7. The van der Waals surface area contributed by atoms with Gasteiger partial charge in [0.2, 0.25) is 0 Å². The largest absolute Gasteiger partial charge is 0.481 e. The minimum atomic E-state index is -0.723. The number of carboxylic acid groups (broad SMARTS) is 1. The molecule has 2 aliphatic rings. The number of hydrogen-bond acceptors (Lipinski definition) is 6. The van der Waals surface area contributed by atoms with E-state index in [0.717, 1.165) is 41.8 Å². The van der Waals surface area contributed by atoms with Crippen LogP contribution in [0.3, 0.4) is 0 Å². The number of benzene rings is 1. The maximum Gasteiger partial charge on any atom is 0.308 e. The van der Waals surface area contributed by atoms with Crippen LogP contribution < -0.4 is 16.0 Å². The number of anilines is 1. The van der Waals surface area contributed by atoms with Gasteiger partial charge >= 0.3 is 5.97 Å². The van der Waals surface area contributed by atoms with Gasteiger partial charge in [0.05, 0.1) is 11.3 Å². The molecule has 4 atom stereocenters. The van der Waals surface area contributed by atoms with Gasteiger partial charge < -0.3 is 26.0 Å². The number of H-pyrrole nitrogens is 1. The lowest BCUT2D eigenvalue weighted by atomic mass is 9.82. The molecule has 4 heterocycles. The summed E-state index contributed by atoms with van der Waals surface area (Å²) in [5.74, 6) is -0.148. The first-order chi connectivity index (χ1) is 14.7. The van der Waals surface area contributed by atoms with E-state index in [2.05, 4.69) is 49.4 Å². The Labute approximate surface area is 174 Å². The lowest BCUT2D eigenvalue weighted by Crippen LogP contribution is -2.53. The first kappa shape index (κ1) is 19.0. The summed E-state index contributed by atoms with van der Waals surface area (Å²) in [7, 11) is 0. The summed E-state index contributed by atoms with van der Waals surface area (Å²) in [6.07, 6.45) is 5.12. The molecule has 5 N–H and O–H groups in total. The molecular formula is C22H26N6O2. The van der Waals surface area contributed by atoms with Gasteiger partial charge in [-0.3, -0.25) is 4.79 Å². The maximum absolute atomic E-state index is 11.9. The molecule has 8 nitrogen and oxygen atoms in total. The number of aromatic amines is 1. The quantitative estimate of drug-likeness (QED) is 0.507. The number of nitrogens with zero attached hydrogens (tertiary/aromatic N) is 3. The van der Waals surface area contributed by atoms with Crippen LogP contribution >= 0.6 is 0 Å². The van der Waals surface area contributed by atoms with Gasteiger partial charge in [-0.15, -0.1) is 0 Å². The van der Waals surface area contributed by atoms with Crippen molar-refractivity contribution in [1.29, 1.82) is 0 Å². The summed E-state index contributed by atoms with van der Waals surface area (Å²) in [5, 5.41) is 14.1. The fourth-order valence-electron chi connectivity index (χ4n) is 5.21. The maximum atomic E-state index is 11.9. The van der Waals surface area contributed by atoms with Crippen molar-refractivity contribution in [2.75, 3.05) is 18.0 Å². The van der Waals surface area contributed by atoms with E-state index in [1.807, 2.05) is 12.3 Å². The van der Waals surface area contributed by atoms with Crippen molar-refractivity contribution < 1.29 is 9.90 Å². The van der Waals surface area contributed by atoms with Crippen LogP contribution in [-0.4, -0.2) is 51.2 Å². The molecule has 2 aliphatic heterocycles. The van der Waals surface area contributed by atoms with Gasteiger partial charge in [-0.05, 0) is 36.0 Å². The molecule has 30 heavy (non-hydrogen) atoms. The van der Waals surface area contributed by atoms with Crippen LogP contribution in [0.25, 0.3) is 11.0 Å². The molecule has 1 aromatic carbocycles. The Morgan fingerprint density at radius 1 is 1.17 bits per heavy atom. The van der Waals surface area contributed by atoms with E-state index in [4.69, 9.17) is 5.73 Å². The summed E-state index contributed by atoms with van der Waals surface area (Å²) in [6, 6.07) is 10.6. The average molecular weight is 406 g/mol. The van der Waals surface area contributed by atoms with Gasteiger partial charge in [0.15, 0.2) is 0 Å². The number of rotatable bonds is 5. The summed E-state index contributed by atoms with van der Waals surface area (Å²) in [6.45, 7) is 1.80. The molecule has 8 heteroatoms. The zero-order valence-electron chi connectivity index (χ0n) is 16.7. The number of nitrogens with one attached hydrogen (secondary N) is 2. The molecule has 0 radical (unpaired) electrons. The lowest BCUT2D eigenvalue weighted by Gasteiger charge is -2.37. The van der Waals surface area contributed by atoms with Gasteiger partial charge in [-0.25, -0.2) is 9.97 Å². The minimum absolute atomic E-state index is 0.0843. The van der Waals surface area contributed by atoms with E-state index in [1.54, 1.807) is 6.33 Å². The van der Waals surface area contributed by atoms with Crippen molar-refractivity contribution in [3.05, 3.63) is 54.0 Å². The number of fused-ring (bicyclic) bond motifs is 2. The lowest BCUT2D eigenvalue weighted by molar-refractivity contribution is -0.144.